The molecule has 4 aliphatic carbocycles. The van der Waals surface area contributed by atoms with Gasteiger partial charge in [0, 0.05) is 24.3 Å². The number of rotatable bonds is 5. The van der Waals surface area contributed by atoms with Crippen molar-refractivity contribution in [1.82, 2.24) is 0 Å². The van der Waals surface area contributed by atoms with Gasteiger partial charge in [-0.15, -0.1) is 0 Å². The van der Waals surface area contributed by atoms with Crippen molar-refractivity contribution in [2.45, 2.75) is 159 Å². The Hall–Kier alpha value is -1.15. The first-order valence-corrected chi connectivity index (χ1v) is 17.7. The fourth-order valence-electron chi connectivity index (χ4n) is 11.3. The summed E-state index contributed by atoms with van der Waals surface area (Å²) < 4.78 is 29.7. The van der Waals surface area contributed by atoms with Gasteiger partial charge < -0.3 is 49.2 Å². The summed E-state index contributed by atoms with van der Waals surface area (Å²) in [7, 11) is 0. The smallest absolute Gasteiger partial charge is 0.331 e. The summed E-state index contributed by atoms with van der Waals surface area (Å²) >= 11 is 0. The number of carbonyl (C=O) groups is 1. The van der Waals surface area contributed by atoms with Gasteiger partial charge in [0.25, 0.3) is 0 Å². The van der Waals surface area contributed by atoms with Gasteiger partial charge in [0.1, 0.15) is 18.8 Å². The zero-order chi connectivity index (χ0) is 32.8. The van der Waals surface area contributed by atoms with Gasteiger partial charge in [-0.1, -0.05) is 13.8 Å². The zero-order valence-electron chi connectivity index (χ0n) is 27.6. The summed E-state index contributed by atoms with van der Waals surface area (Å²) in [5, 5.41) is 55.4. The first-order valence-electron chi connectivity index (χ1n) is 17.7. The van der Waals surface area contributed by atoms with Gasteiger partial charge >= 0.3 is 5.97 Å². The number of ether oxygens (including phenoxy) is 5. The van der Waals surface area contributed by atoms with E-state index < -0.39 is 66.3 Å². The normalized spacial score (nSPS) is 55.6. The molecule has 0 aromatic rings. The fourth-order valence-corrected chi connectivity index (χ4v) is 11.3. The minimum Gasteiger partial charge on any atom is -0.458 e. The molecule has 0 bridgehead atoms. The van der Waals surface area contributed by atoms with Crippen molar-refractivity contribution in [3.05, 3.63) is 11.6 Å². The van der Waals surface area contributed by atoms with Gasteiger partial charge in [0.05, 0.1) is 42.2 Å². The molecule has 0 unspecified atom stereocenters. The minimum atomic E-state index is -0.993. The van der Waals surface area contributed by atoms with E-state index in [1.807, 2.05) is 13.8 Å². The zero-order valence-corrected chi connectivity index (χ0v) is 27.6. The Morgan fingerprint density at radius 3 is 2.24 bits per heavy atom. The van der Waals surface area contributed by atoms with E-state index in [1.165, 1.54) is 0 Å². The molecule has 260 valence electrons. The molecule has 2 saturated heterocycles. The van der Waals surface area contributed by atoms with Crippen molar-refractivity contribution in [1.29, 1.82) is 0 Å². The molecule has 46 heavy (non-hydrogen) atoms. The second kappa shape index (κ2) is 12.0. The maximum atomic E-state index is 12.5. The van der Waals surface area contributed by atoms with Gasteiger partial charge in [0.2, 0.25) is 0 Å². The molecular weight excluding hydrogens is 596 g/mol. The van der Waals surface area contributed by atoms with Crippen molar-refractivity contribution < 1.29 is 54.0 Å². The first kappa shape index (κ1) is 33.4. The van der Waals surface area contributed by atoms with Crippen molar-refractivity contribution >= 4 is 5.97 Å². The molecule has 5 N–H and O–H groups in total. The Bertz CT molecular complexity index is 1170. The van der Waals surface area contributed by atoms with Crippen LogP contribution in [-0.4, -0.2) is 105 Å². The van der Waals surface area contributed by atoms with Crippen LogP contribution >= 0.6 is 0 Å². The second-order valence-electron chi connectivity index (χ2n) is 16.1. The average Bonchev–Trinajstić information content (AvgIpc) is 3.55. The monoisotopic (exact) mass is 650 g/mol. The lowest BCUT2D eigenvalue weighted by Crippen LogP contribution is -2.67. The number of hydrogen-bond acceptors (Lipinski definition) is 11. The Morgan fingerprint density at radius 2 is 1.54 bits per heavy atom. The Balaban J connectivity index is 0.976. The molecule has 0 aromatic heterocycles. The van der Waals surface area contributed by atoms with Gasteiger partial charge in [0.15, 0.2) is 12.6 Å². The number of hydrogen-bond donors (Lipinski definition) is 5. The molecule has 17 atom stereocenters. The van der Waals surface area contributed by atoms with Crippen LogP contribution in [0.4, 0.5) is 0 Å². The van der Waals surface area contributed by atoms with E-state index in [0.717, 1.165) is 44.1 Å². The molecule has 11 nitrogen and oxygen atoms in total. The Kier molecular flexibility index (Phi) is 8.71. The van der Waals surface area contributed by atoms with Crippen LogP contribution in [0.5, 0.6) is 0 Å². The van der Waals surface area contributed by atoms with Gasteiger partial charge in [-0.2, -0.15) is 0 Å². The van der Waals surface area contributed by atoms with Crippen LogP contribution in [0.2, 0.25) is 0 Å². The van der Waals surface area contributed by atoms with Crippen molar-refractivity contribution in [3.8, 4) is 0 Å². The number of cyclic esters (lactones) is 1. The van der Waals surface area contributed by atoms with Crippen LogP contribution in [0.3, 0.4) is 0 Å². The SMILES string of the molecule is C[C@H]1O[C@@H](O[C@@H]2[C@@H](O)C[C@H](O[C@H]3CC[C@@]4(C)[C@H](CC[C@H]5[C@H]4C[C@@H](O)[C@]4(C)[C@@H](C6=CC(=O)OC6)CC[C@]54O)C3)O[C@@H]2C)C[C@H](O)[C@@H]1O. The van der Waals surface area contributed by atoms with Crippen LogP contribution in [0.15, 0.2) is 11.6 Å². The van der Waals surface area contributed by atoms with Crippen LogP contribution in [-0.2, 0) is 28.5 Å². The van der Waals surface area contributed by atoms with E-state index in [4.69, 9.17) is 23.7 Å². The fraction of sp³-hybridized carbons (Fsp3) is 0.914. The molecule has 0 radical (unpaired) electrons. The minimum absolute atomic E-state index is 0.0137. The summed E-state index contributed by atoms with van der Waals surface area (Å²) in [6, 6.07) is 0. The average molecular weight is 651 g/mol. The van der Waals surface area contributed by atoms with Crippen LogP contribution in [0.1, 0.15) is 91.9 Å². The van der Waals surface area contributed by atoms with E-state index in [1.54, 1.807) is 13.0 Å². The highest BCUT2D eigenvalue weighted by Crippen LogP contribution is 2.70. The van der Waals surface area contributed by atoms with Crippen LogP contribution in [0, 0.1) is 34.5 Å². The molecule has 0 aromatic carbocycles. The standard InChI is InChI=1S/C35H54O11/c1-17-31(40)25(36)14-30(43-17)46-32-18(2)44-29(15-26(32)37)45-21-7-9-33(3)20(12-21)5-6-23-24(33)13-27(38)34(4)22(8-10-35(23,34)41)19-11-28(39)42-16-19/h11,17-18,20-27,29-32,36-38,40-41H,5-10,12-16H2,1-4H3/t17-,18-,20-,21+,22-,23+,24-,25+,26+,27-,29+,30+,31-,32+,33+,34+,35+/m1/s1. The topological polar surface area (TPSA) is 164 Å². The molecule has 11 heteroatoms. The van der Waals surface area contributed by atoms with Crippen molar-refractivity contribution in [3.63, 3.8) is 0 Å². The second-order valence-corrected chi connectivity index (χ2v) is 16.1. The number of esters is 1. The summed E-state index contributed by atoms with van der Waals surface area (Å²) in [6.45, 7) is 8.18. The molecule has 7 aliphatic rings. The predicted octanol–water partition coefficient (Wildman–Crippen LogP) is 2.34. The van der Waals surface area contributed by atoms with Crippen molar-refractivity contribution in [2.24, 2.45) is 34.5 Å². The third-order valence-corrected chi connectivity index (χ3v) is 14.0. The number of fused-ring (bicyclic) bond motifs is 5. The molecule has 4 saturated carbocycles. The number of carbonyl (C=O) groups excluding carboxylic acids is 1. The third-order valence-electron chi connectivity index (χ3n) is 14.0. The van der Waals surface area contributed by atoms with E-state index in [-0.39, 0.29) is 54.7 Å². The van der Waals surface area contributed by atoms with E-state index in [9.17, 15) is 30.3 Å². The molecule has 7 rings (SSSR count). The van der Waals surface area contributed by atoms with Gasteiger partial charge in [-0.25, -0.2) is 4.79 Å². The van der Waals surface area contributed by atoms with Crippen LogP contribution < -0.4 is 0 Å². The molecule has 0 amide bonds. The quantitative estimate of drug-likeness (QED) is 0.219. The lowest BCUT2D eigenvalue weighted by atomic mass is 9.42. The number of aliphatic hydroxyl groups excluding tert-OH is 4. The molecular formula is C35H54O11. The van der Waals surface area contributed by atoms with E-state index in [2.05, 4.69) is 6.92 Å². The largest absolute Gasteiger partial charge is 0.458 e. The summed E-state index contributed by atoms with van der Waals surface area (Å²) in [6.07, 6.45) is 2.09. The maximum absolute atomic E-state index is 12.5. The van der Waals surface area contributed by atoms with Gasteiger partial charge in [-0.3, -0.25) is 0 Å². The lowest BCUT2D eigenvalue weighted by molar-refractivity contribution is -0.318. The summed E-state index contributed by atoms with van der Waals surface area (Å²) in [4.78, 5) is 11.9. The van der Waals surface area contributed by atoms with E-state index >= 15 is 0 Å². The van der Waals surface area contributed by atoms with Crippen molar-refractivity contribution in [2.75, 3.05) is 6.61 Å². The van der Waals surface area contributed by atoms with E-state index in [0.29, 0.717) is 18.8 Å². The first-order chi connectivity index (χ1) is 21.7. The van der Waals surface area contributed by atoms with Crippen LogP contribution in [0.25, 0.3) is 0 Å². The molecule has 6 fully saturated rings. The summed E-state index contributed by atoms with van der Waals surface area (Å²) in [5.74, 6) is 0.294. The maximum Gasteiger partial charge on any atom is 0.331 e. The third kappa shape index (κ3) is 5.22. The lowest BCUT2D eigenvalue weighted by Gasteiger charge is -2.65. The highest BCUT2D eigenvalue weighted by atomic mass is 16.7. The highest BCUT2D eigenvalue weighted by molar-refractivity contribution is 5.85. The predicted molar refractivity (Wildman–Crippen MR) is 163 cm³/mol. The highest BCUT2D eigenvalue weighted by Gasteiger charge is 2.70. The summed E-state index contributed by atoms with van der Waals surface area (Å²) in [5.41, 5.74) is -0.819. The number of aliphatic hydroxyl groups is 5. The Morgan fingerprint density at radius 1 is 0.826 bits per heavy atom. The molecule has 3 heterocycles. The van der Waals surface area contributed by atoms with Gasteiger partial charge in [-0.05, 0) is 99.9 Å². The Labute approximate surface area is 271 Å². The molecule has 0 spiro atoms. The molecule has 3 aliphatic heterocycles.